The Morgan fingerprint density at radius 3 is 2.47 bits per heavy atom. The molecule has 0 amide bonds. The quantitative estimate of drug-likeness (QED) is 0.720. The normalized spacial score (nSPS) is 30.2. The molecular formula is C14H26N2O3. The van der Waals surface area contributed by atoms with Crippen LogP contribution >= 0.6 is 0 Å². The van der Waals surface area contributed by atoms with Gasteiger partial charge in [-0.05, 0) is 19.8 Å². The van der Waals surface area contributed by atoms with Crippen molar-refractivity contribution >= 4 is 5.97 Å². The third-order valence-corrected chi connectivity index (χ3v) is 4.32. The second-order valence-electron chi connectivity index (χ2n) is 5.36. The maximum absolute atomic E-state index is 12.1. The van der Waals surface area contributed by atoms with Crippen molar-refractivity contribution in [1.29, 1.82) is 0 Å². The monoisotopic (exact) mass is 270 g/mol. The molecule has 2 atom stereocenters. The molecule has 2 fully saturated rings. The summed E-state index contributed by atoms with van der Waals surface area (Å²) in [6, 6.07) is 0.367. The first kappa shape index (κ1) is 14.8. The van der Waals surface area contributed by atoms with Gasteiger partial charge in [-0.2, -0.15) is 5.06 Å². The highest BCUT2D eigenvalue weighted by molar-refractivity contribution is 5.73. The Balaban J connectivity index is 1.94. The Labute approximate surface area is 115 Å². The molecule has 1 aliphatic carbocycles. The highest BCUT2D eigenvalue weighted by Crippen LogP contribution is 2.30. The first-order valence-corrected chi connectivity index (χ1v) is 7.46. The standard InChI is InChI=1S/C14H26N2O3/c1-3-19-14(17)12-6-4-5-7-13(12)15-8-10-16(18-2)11-9-15/h12-13H,3-11H2,1-2H3/t12?,13-/m1/s1. The number of ether oxygens (including phenoxy) is 1. The smallest absolute Gasteiger partial charge is 0.310 e. The van der Waals surface area contributed by atoms with Gasteiger partial charge in [-0.25, -0.2) is 0 Å². The van der Waals surface area contributed by atoms with Crippen LogP contribution in [0.3, 0.4) is 0 Å². The first-order valence-electron chi connectivity index (χ1n) is 7.46. The fourth-order valence-corrected chi connectivity index (χ4v) is 3.29. The van der Waals surface area contributed by atoms with Crippen LogP contribution in [0.15, 0.2) is 0 Å². The molecule has 5 heteroatoms. The van der Waals surface area contributed by atoms with Crippen LogP contribution in [0.2, 0.25) is 0 Å². The van der Waals surface area contributed by atoms with Crippen LogP contribution in [0, 0.1) is 5.92 Å². The number of esters is 1. The van der Waals surface area contributed by atoms with Crippen molar-refractivity contribution in [3.8, 4) is 0 Å². The Morgan fingerprint density at radius 1 is 1.16 bits per heavy atom. The van der Waals surface area contributed by atoms with E-state index in [2.05, 4.69) is 4.90 Å². The molecule has 110 valence electrons. The minimum atomic E-state index is 0.00127. The molecule has 1 saturated carbocycles. The van der Waals surface area contributed by atoms with Gasteiger partial charge in [-0.1, -0.05) is 12.8 Å². The van der Waals surface area contributed by atoms with Crippen molar-refractivity contribution in [2.45, 2.75) is 38.6 Å². The third kappa shape index (κ3) is 3.68. The molecule has 0 aromatic rings. The van der Waals surface area contributed by atoms with Gasteiger partial charge in [0.1, 0.15) is 0 Å². The van der Waals surface area contributed by atoms with E-state index in [1.165, 1.54) is 6.42 Å². The number of hydrogen-bond acceptors (Lipinski definition) is 5. The van der Waals surface area contributed by atoms with Crippen LogP contribution in [0.4, 0.5) is 0 Å². The van der Waals surface area contributed by atoms with Crippen molar-refractivity contribution in [1.82, 2.24) is 9.96 Å². The fraction of sp³-hybridized carbons (Fsp3) is 0.929. The van der Waals surface area contributed by atoms with Gasteiger partial charge in [0.05, 0.1) is 19.6 Å². The van der Waals surface area contributed by atoms with Crippen molar-refractivity contribution in [3.05, 3.63) is 0 Å². The number of carbonyl (C=O) groups excluding carboxylic acids is 1. The van der Waals surface area contributed by atoms with Crippen LogP contribution in [-0.2, 0) is 14.4 Å². The molecule has 5 nitrogen and oxygen atoms in total. The van der Waals surface area contributed by atoms with Gasteiger partial charge < -0.3 is 9.57 Å². The van der Waals surface area contributed by atoms with Gasteiger partial charge in [0.2, 0.25) is 0 Å². The van der Waals surface area contributed by atoms with Gasteiger partial charge in [0.15, 0.2) is 0 Å². The van der Waals surface area contributed by atoms with E-state index in [0.717, 1.165) is 45.4 Å². The van der Waals surface area contributed by atoms with Crippen molar-refractivity contribution < 1.29 is 14.4 Å². The molecule has 1 unspecified atom stereocenters. The minimum Gasteiger partial charge on any atom is -0.466 e. The molecule has 0 bridgehead atoms. The van der Waals surface area contributed by atoms with Gasteiger partial charge in [-0.3, -0.25) is 9.69 Å². The van der Waals surface area contributed by atoms with Crippen molar-refractivity contribution in [3.63, 3.8) is 0 Å². The topological polar surface area (TPSA) is 42.0 Å². The SMILES string of the molecule is CCOC(=O)C1CCCC[C@H]1N1CCN(OC)CC1. The second-order valence-corrected chi connectivity index (χ2v) is 5.36. The predicted molar refractivity (Wildman–Crippen MR) is 72.5 cm³/mol. The van der Waals surface area contributed by atoms with Gasteiger partial charge in [-0.15, -0.1) is 0 Å². The summed E-state index contributed by atoms with van der Waals surface area (Å²) in [4.78, 5) is 19.8. The molecule has 0 spiro atoms. The van der Waals surface area contributed by atoms with Crippen molar-refractivity contribution in [2.75, 3.05) is 39.9 Å². The van der Waals surface area contributed by atoms with Crippen molar-refractivity contribution in [2.24, 2.45) is 5.92 Å². The van der Waals surface area contributed by atoms with E-state index in [9.17, 15) is 4.79 Å². The Morgan fingerprint density at radius 2 is 1.84 bits per heavy atom. The largest absolute Gasteiger partial charge is 0.466 e. The summed E-state index contributed by atoms with van der Waals surface area (Å²) in [5, 5.41) is 1.98. The lowest BCUT2D eigenvalue weighted by atomic mass is 9.83. The highest BCUT2D eigenvalue weighted by atomic mass is 16.7. The lowest BCUT2D eigenvalue weighted by molar-refractivity contribution is -0.164. The molecule has 1 saturated heterocycles. The first-order chi connectivity index (χ1) is 9.26. The zero-order valence-corrected chi connectivity index (χ0v) is 12.1. The van der Waals surface area contributed by atoms with E-state index in [1.807, 2.05) is 12.0 Å². The number of nitrogens with zero attached hydrogens (tertiary/aromatic N) is 2. The summed E-state index contributed by atoms with van der Waals surface area (Å²) in [5.74, 6) is 0.0733. The van der Waals surface area contributed by atoms with E-state index in [4.69, 9.17) is 9.57 Å². The number of rotatable bonds is 4. The molecular weight excluding hydrogens is 244 g/mol. The van der Waals surface area contributed by atoms with E-state index in [-0.39, 0.29) is 11.9 Å². The van der Waals surface area contributed by atoms with Crippen LogP contribution in [0.25, 0.3) is 0 Å². The Kier molecular flexibility index (Phi) is 5.60. The number of hydrogen-bond donors (Lipinski definition) is 0. The van der Waals surface area contributed by atoms with Gasteiger partial charge >= 0.3 is 5.97 Å². The number of carbonyl (C=O) groups is 1. The zero-order valence-electron chi connectivity index (χ0n) is 12.1. The fourth-order valence-electron chi connectivity index (χ4n) is 3.29. The van der Waals surface area contributed by atoms with E-state index in [0.29, 0.717) is 12.6 Å². The summed E-state index contributed by atoms with van der Waals surface area (Å²) >= 11 is 0. The molecule has 0 radical (unpaired) electrons. The number of piperazine rings is 1. The molecule has 2 rings (SSSR count). The molecule has 1 aliphatic heterocycles. The molecule has 1 heterocycles. The van der Waals surface area contributed by atoms with Gasteiger partial charge in [0.25, 0.3) is 0 Å². The van der Waals surface area contributed by atoms with Gasteiger partial charge in [0, 0.05) is 32.2 Å². The highest BCUT2D eigenvalue weighted by Gasteiger charge is 2.36. The van der Waals surface area contributed by atoms with Crippen LogP contribution in [0.1, 0.15) is 32.6 Å². The maximum atomic E-state index is 12.1. The Bertz CT molecular complexity index is 290. The lowest BCUT2D eigenvalue weighted by Gasteiger charge is -2.42. The predicted octanol–water partition coefficient (Wildman–Crippen LogP) is 1.29. The molecule has 0 N–H and O–H groups in total. The van der Waals surface area contributed by atoms with E-state index in [1.54, 1.807) is 7.11 Å². The second kappa shape index (κ2) is 7.22. The minimum absolute atomic E-state index is 0.00127. The molecule has 19 heavy (non-hydrogen) atoms. The summed E-state index contributed by atoms with van der Waals surface area (Å²) in [5.41, 5.74) is 0. The van der Waals surface area contributed by atoms with E-state index < -0.39 is 0 Å². The summed E-state index contributed by atoms with van der Waals surface area (Å²) in [7, 11) is 1.72. The lowest BCUT2D eigenvalue weighted by Crippen LogP contribution is -2.54. The molecule has 0 aromatic heterocycles. The Hall–Kier alpha value is -0.650. The summed E-state index contributed by atoms with van der Waals surface area (Å²) in [6.45, 7) is 6.17. The van der Waals surface area contributed by atoms with Crippen LogP contribution in [-0.4, -0.2) is 61.9 Å². The average Bonchev–Trinajstić information content (AvgIpc) is 2.47. The van der Waals surface area contributed by atoms with Crippen LogP contribution < -0.4 is 0 Å². The summed E-state index contributed by atoms with van der Waals surface area (Å²) < 4.78 is 5.24. The zero-order chi connectivity index (χ0) is 13.7. The average molecular weight is 270 g/mol. The third-order valence-electron chi connectivity index (χ3n) is 4.32. The van der Waals surface area contributed by atoms with E-state index >= 15 is 0 Å². The maximum Gasteiger partial charge on any atom is 0.310 e. The van der Waals surface area contributed by atoms with Crippen LogP contribution in [0.5, 0.6) is 0 Å². The molecule has 2 aliphatic rings. The molecule has 0 aromatic carbocycles. The number of hydroxylamine groups is 2. The summed E-state index contributed by atoms with van der Waals surface area (Å²) in [6.07, 6.45) is 4.48.